The van der Waals surface area contributed by atoms with Crippen molar-refractivity contribution in [2.75, 3.05) is 5.75 Å². The number of carbonyl (C=O) groups is 2. The average molecular weight is 303 g/mol. The maximum Gasteiger partial charge on any atom is 0.344 e. The highest BCUT2D eigenvalue weighted by Crippen LogP contribution is 2.20. The van der Waals surface area contributed by atoms with Crippen molar-refractivity contribution < 1.29 is 14.0 Å². The lowest BCUT2D eigenvalue weighted by atomic mass is 10.1. The number of nitrogens with one attached hydrogen (secondary N) is 1. The van der Waals surface area contributed by atoms with Crippen molar-refractivity contribution >= 4 is 33.6 Å². The molecule has 1 unspecified atom stereocenters. The number of thioether (sulfide) groups is 1. The summed E-state index contributed by atoms with van der Waals surface area (Å²) in [6.07, 6.45) is 0.603. The van der Waals surface area contributed by atoms with Gasteiger partial charge in [-0.05, 0) is 30.9 Å². The Hall–Kier alpha value is -2.08. The van der Waals surface area contributed by atoms with Gasteiger partial charge in [0.15, 0.2) is 5.76 Å². The van der Waals surface area contributed by atoms with Crippen molar-refractivity contribution in [1.29, 1.82) is 0 Å². The van der Waals surface area contributed by atoms with Crippen LogP contribution >= 0.6 is 11.8 Å². The monoisotopic (exact) mass is 303 g/mol. The van der Waals surface area contributed by atoms with Gasteiger partial charge in [-0.1, -0.05) is 29.5 Å². The molecular weight excluding hydrogens is 290 g/mol. The van der Waals surface area contributed by atoms with E-state index < -0.39 is 17.6 Å². The number of rotatable bonds is 2. The van der Waals surface area contributed by atoms with Gasteiger partial charge in [-0.15, -0.1) is 0 Å². The summed E-state index contributed by atoms with van der Waals surface area (Å²) in [5, 5.41) is 3.64. The molecule has 1 aliphatic heterocycles. The standard InChI is InChI=1S/C15H13NO4S/c1-8-2-3-9-7-12(20-14(18)10(9)6-8)13(17)16-11-4-5-21-15(11)19/h2-3,6-7,11H,4-5H2,1H3,(H,16,17). The molecule has 1 fully saturated rings. The van der Waals surface area contributed by atoms with E-state index in [1.807, 2.05) is 13.0 Å². The molecule has 0 radical (unpaired) electrons. The molecule has 0 aliphatic carbocycles. The van der Waals surface area contributed by atoms with E-state index in [4.69, 9.17) is 4.42 Å². The van der Waals surface area contributed by atoms with Gasteiger partial charge in [-0.3, -0.25) is 9.59 Å². The summed E-state index contributed by atoms with van der Waals surface area (Å²) in [7, 11) is 0. The summed E-state index contributed by atoms with van der Waals surface area (Å²) in [5.74, 6) is 0.0986. The SMILES string of the molecule is Cc1ccc2cc(C(=O)NC3CCSC3=O)oc(=O)c2c1. The van der Waals surface area contributed by atoms with Crippen LogP contribution < -0.4 is 10.9 Å². The van der Waals surface area contributed by atoms with Crippen molar-refractivity contribution in [3.63, 3.8) is 0 Å². The van der Waals surface area contributed by atoms with Gasteiger partial charge in [0, 0.05) is 5.75 Å². The Kier molecular flexibility index (Phi) is 3.55. The lowest BCUT2D eigenvalue weighted by Gasteiger charge is -2.09. The summed E-state index contributed by atoms with van der Waals surface area (Å²) in [5.41, 5.74) is 0.397. The van der Waals surface area contributed by atoms with Crippen molar-refractivity contribution in [3.8, 4) is 0 Å². The van der Waals surface area contributed by atoms with Gasteiger partial charge in [-0.2, -0.15) is 0 Å². The molecular formula is C15H13NO4S. The number of amides is 1. The zero-order valence-electron chi connectivity index (χ0n) is 11.3. The Morgan fingerprint density at radius 3 is 2.86 bits per heavy atom. The fraction of sp³-hybridized carbons (Fsp3) is 0.267. The third-order valence-corrected chi connectivity index (χ3v) is 4.39. The predicted molar refractivity (Wildman–Crippen MR) is 80.6 cm³/mol. The third-order valence-electron chi connectivity index (χ3n) is 3.38. The van der Waals surface area contributed by atoms with Crippen molar-refractivity contribution in [3.05, 3.63) is 46.0 Å². The molecule has 0 spiro atoms. The van der Waals surface area contributed by atoms with Gasteiger partial charge < -0.3 is 9.73 Å². The first-order valence-electron chi connectivity index (χ1n) is 6.56. The number of hydrogen-bond donors (Lipinski definition) is 1. The minimum Gasteiger partial charge on any atom is -0.417 e. The number of hydrogen-bond acceptors (Lipinski definition) is 5. The van der Waals surface area contributed by atoms with E-state index in [-0.39, 0.29) is 10.9 Å². The maximum absolute atomic E-state index is 12.1. The predicted octanol–water partition coefficient (Wildman–Crippen LogP) is 1.86. The molecule has 5 nitrogen and oxygen atoms in total. The number of benzene rings is 1. The first-order valence-corrected chi connectivity index (χ1v) is 7.55. The van der Waals surface area contributed by atoms with Gasteiger partial charge in [0.05, 0.1) is 11.4 Å². The largest absolute Gasteiger partial charge is 0.417 e. The van der Waals surface area contributed by atoms with Gasteiger partial charge in [0.25, 0.3) is 5.91 Å². The second-order valence-corrected chi connectivity index (χ2v) is 6.07. The van der Waals surface area contributed by atoms with E-state index in [9.17, 15) is 14.4 Å². The first-order chi connectivity index (χ1) is 10.0. The lowest BCUT2D eigenvalue weighted by molar-refractivity contribution is -0.112. The summed E-state index contributed by atoms with van der Waals surface area (Å²) in [6, 6.07) is 6.38. The molecule has 0 bridgehead atoms. The van der Waals surface area contributed by atoms with E-state index in [0.29, 0.717) is 22.9 Å². The molecule has 1 aromatic heterocycles. The molecule has 2 aromatic rings. The van der Waals surface area contributed by atoms with Crippen molar-refractivity contribution in [1.82, 2.24) is 5.32 Å². The van der Waals surface area contributed by atoms with Crippen LogP contribution in [-0.2, 0) is 4.79 Å². The zero-order chi connectivity index (χ0) is 15.0. The fourth-order valence-corrected chi connectivity index (χ4v) is 3.20. The molecule has 1 saturated heterocycles. The van der Waals surface area contributed by atoms with E-state index in [1.54, 1.807) is 12.1 Å². The van der Waals surface area contributed by atoms with Crippen LogP contribution in [0.4, 0.5) is 0 Å². The van der Waals surface area contributed by atoms with Crippen LogP contribution in [-0.4, -0.2) is 22.8 Å². The fourth-order valence-electron chi connectivity index (χ4n) is 2.27. The van der Waals surface area contributed by atoms with Crippen LogP contribution in [0.2, 0.25) is 0 Å². The Balaban J connectivity index is 1.93. The lowest BCUT2D eigenvalue weighted by Crippen LogP contribution is -2.37. The quantitative estimate of drug-likeness (QED) is 0.916. The summed E-state index contributed by atoms with van der Waals surface area (Å²) in [6.45, 7) is 1.88. The van der Waals surface area contributed by atoms with E-state index in [1.165, 1.54) is 17.8 Å². The van der Waals surface area contributed by atoms with Gasteiger partial charge in [-0.25, -0.2) is 4.79 Å². The van der Waals surface area contributed by atoms with Gasteiger partial charge in [0.1, 0.15) is 0 Å². The van der Waals surface area contributed by atoms with Crippen LogP contribution in [0, 0.1) is 6.92 Å². The molecule has 0 saturated carbocycles. The Labute approximate surface area is 124 Å². The van der Waals surface area contributed by atoms with E-state index in [0.717, 1.165) is 5.56 Å². The van der Waals surface area contributed by atoms with Gasteiger partial charge >= 0.3 is 5.63 Å². The van der Waals surface area contributed by atoms with Crippen molar-refractivity contribution in [2.24, 2.45) is 0 Å². The van der Waals surface area contributed by atoms with Crippen LogP contribution in [0.25, 0.3) is 10.8 Å². The number of aryl methyl sites for hydroxylation is 1. The molecule has 3 rings (SSSR count). The van der Waals surface area contributed by atoms with E-state index >= 15 is 0 Å². The normalized spacial score (nSPS) is 18.1. The van der Waals surface area contributed by atoms with Crippen LogP contribution in [0.3, 0.4) is 0 Å². The smallest absolute Gasteiger partial charge is 0.344 e. The molecule has 108 valence electrons. The molecule has 1 aliphatic rings. The Morgan fingerprint density at radius 2 is 2.14 bits per heavy atom. The first kappa shape index (κ1) is 13.9. The molecule has 1 atom stereocenters. The molecule has 1 amide bonds. The molecule has 21 heavy (non-hydrogen) atoms. The maximum atomic E-state index is 12.1. The molecule has 1 N–H and O–H groups in total. The second-order valence-electron chi connectivity index (χ2n) is 4.97. The minimum atomic E-state index is -0.548. The molecule has 2 heterocycles. The summed E-state index contributed by atoms with van der Waals surface area (Å²) < 4.78 is 5.07. The van der Waals surface area contributed by atoms with Crippen LogP contribution in [0.5, 0.6) is 0 Å². The van der Waals surface area contributed by atoms with Crippen LogP contribution in [0.1, 0.15) is 22.5 Å². The highest BCUT2D eigenvalue weighted by Gasteiger charge is 2.28. The van der Waals surface area contributed by atoms with Crippen LogP contribution in [0.15, 0.2) is 33.5 Å². The second kappa shape index (κ2) is 5.37. The zero-order valence-corrected chi connectivity index (χ0v) is 12.2. The Bertz CT molecular complexity index is 796. The molecule has 1 aromatic carbocycles. The van der Waals surface area contributed by atoms with Crippen molar-refractivity contribution in [2.45, 2.75) is 19.4 Å². The molecule has 6 heteroatoms. The Morgan fingerprint density at radius 1 is 1.33 bits per heavy atom. The summed E-state index contributed by atoms with van der Waals surface area (Å²) >= 11 is 1.20. The highest BCUT2D eigenvalue weighted by molar-refractivity contribution is 8.14. The number of fused-ring (bicyclic) bond motifs is 1. The minimum absolute atomic E-state index is 0.0536. The number of carbonyl (C=O) groups excluding carboxylic acids is 2. The average Bonchev–Trinajstić information content (AvgIpc) is 2.85. The third kappa shape index (κ3) is 2.71. The topological polar surface area (TPSA) is 76.4 Å². The highest BCUT2D eigenvalue weighted by atomic mass is 32.2. The van der Waals surface area contributed by atoms with E-state index in [2.05, 4.69) is 5.32 Å². The summed E-state index contributed by atoms with van der Waals surface area (Å²) in [4.78, 5) is 35.6. The van der Waals surface area contributed by atoms with Gasteiger partial charge in [0.2, 0.25) is 5.12 Å².